The summed E-state index contributed by atoms with van der Waals surface area (Å²) in [6, 6.07) is 11.9. The van der Waals surface area contributed by atoms with Crippen LogP contribution in [0.1, 0.15) is 0 Å². The number of nitrogens with one attached hydrogen (secondary N) is 1. The fourth-order valence-electron chi connectivity index (χ4n) is 2.02. The van der Waals surface area contributed by atoms with Gasteiger partial charge < -0.3 is 14.8 Å². The highest BCUT2D eigenvalue weighted by Gasteiger charge is 2.13. The number of benzene rings is 2. The maximum absolute atomic E-state index is 11.9. The molecule has 132 valence electrons. The number of carbonyl (C=O) groups is 1. The average Bonchev–Trinajstić information content (AvgIpc) is 3.09. The summed E-state index contributed by atoms with van der Waals surface area (Å²) in [6.45, 7) is 0. The summed E-state index contributed by atoms with van der Waals surface area (Å²) in [5.41, 5.74) is 0.985. The van der Waals surface area contributed by atoms with E-state index in [0.717, 1.165) is 11.8 Å². The number of nitro groups is 1. The fraction of sp³-hybridized carbons (Fsp3) is 0.0625. The molecule has 9 nitrogen and oxygen atoms in total. The molecule has 10 heteroatoms. The van der Waals surface area contributed by atoms with E-state index in [1.54, 1.807) is 12.1 Å². The third-order valence-corrected chi connectivity index (χ3v) is 4.01. The Morgan fingerprint density at radius 1 is 1.23 bits per heavy atom. The van der Waals surface area contributed by atoms with Gasteiger partial charge in [0.25, 0.3) is 10.9 Å². The first-order valence-electron chi connectivity index (χ1n) is 7.31. The highest BCUT2D eigenvalue weighted by atomic mass is 32.2. The van der Waals surface area contributed by atoms with E-state index < -0.39 is 4.92 Å². The van der Waals surface area contributed by atoms with Crippen LogP contribution in [0.25, 0.3) is 11.5 Å². The molecule has 26 heavy (non-hydrogen) atoms. The molecule has 3 aromatic rings. The largest absolute Gasteiger partial charge is 0.508 e. The van der Waals surface area contributed by atoms with Crippen molar-refractivity contribution < 1.29 is 19.2 Å². The minimum absolute atomic E-state index is 0.0357. The van der Waals surface area contributed by atoms with Crippen molar-refractivity contribution in [3.63, 3.8) is 0 Å². The van der Waals surface area contributed by atoms with Gasteiger partial charge in [-0.15, -0.1) is 10.2 Å². The number of anilines is 1. The van der Waals surface area contributed by atoms with E-state index in [2.05, 4.69) is 15.5 Å². The van der Waals surface area contributed by atoms with Crippen molar-refractivity contribution >= 4 is 29.0 Å². The lowest BCUT2D eigenvalue weighted by molar-refractivity contribution is -0.384. The highest BCUT2D eigenvalue weighted by Crippen LogP contribution is 2.25. The van der Waals surface area contributed by atoms with E-state index in [4.69, 9.17) is 4.42 Å². The number of carbonyl (C=O) groups excluding carboxylic acids is 1. The molecule has 0 aliphatic heterocycles. The number of rotatable bonds is 6. The van der Waals surface area contributed by atoms with Gasteiger partial charge in [0.1, 0.15) is 5.75 Å². The molecule has 1 aromatic heterocycles. The summed E-state index contributed by atoms with van der Waals surface area (Å²) >= 11 is 1.05. The van der Waals surface area contributed by atoms with Gasteiger partial charge in [0.15, 0.2) is 0 Å². The molecular weight excluding hydrogens is 360 g/mol. The Hall–Kier alpha value is -3.40. The van der Waals surface area contributed by atoms with Gasteiger partial charge in [-0.05, 0) is 24.3 Å². The van der Waals surface area contributed by atoms with E-state index in [1.807, 2.05) is 0 Å². The van der Waals surface area contributed by atoms with E-state index >= 15 is 0 Å². The Labute approximate surface area is 151 Å². The normalized spacial score (nSPS) is 10.5. The van der Waals surface area contributed by atoms with Crippen molar-refractivity contribution in [3.8, 4) is 17.2 Å². The summed E-state index contributed by atoms with van der Waals surface area (Å²) in [4.78, 5) is 22.1. The predicted molar refractivity (Wildman–Crippen MR) is 93.8 cm³/mol. The van der Waals surface area contributed by atoms with Gasteiger partial charge in [0.05, 0.1) is 10.7 Å². The van der Waals surface area contributed by atoms with Crippen molar-refractivity contribution in [2.24, 2.45) is 0 Å². The molecule has 2 N–H and O–H groups in total. The van der Waals surface area contributed by atoms with E-state index in [-0.39, 0.29) is 34.2 Å². The third kappa shape index (κ3) is 4.36. The maximum Gasteiger partial charge on any atom is 0.277 e. The van der Waals surface area contributed by atoms with Gasteiger partial charge in [-0.25, -0.2) is 0 Å². The predicted octanol–water partition coefficient (Wildman–Crippen LogP) is 3.08. The molecule has 0 saturated carbocycles. The van der Waals surface area contributed by atoms with E-state index in [0.29, 0.717) is 11.3 Å². The first-order chi connectivity index (χ1) is 12.5. The number of aromatic nitrogens is 2. The molecule has 1 amide bonds. The van der Waals surface area contributed by atoms with Crippen LogP contribution in [-0.4, -0.2) is 31.9 Å². The van der Waals surface area contributed by atoms with Crippen molar-refractivity contribution in [1.29, 1.82) is 0 Å². The zero-order valence-corrected chi connectivity index (χ0v) is 14.0. The number of non-ortho nitro benzene ring substituents is 1. The third-order valence-electron chi connectivity index (χ3n) is 3.19. The van der Waals surface area contributed by atoms with Gasteiger partial charge in [-0.3, -0.25) is 14.9 Å². The topological polar surface area (TPSA) is 131 Å². The van der Waals surface area contributed by atoms with Crippen LogP contribution in [0.3, 0.4) is 0 Å². The maximum atomic E-state index is 11.9. The van der Waals surface area contributed by atoms with Gasteiger partial charge in [-0.2, -0.15) is 0 Å². The average molecular weight is 372 g/mol. The summed E-state index contributed by atoms with van der Waals surface area (Å²) in [7, 11) is 0. The molecule has 0 aliphatic carbocycles. The first kappa shape index (κ1) is 17.4. The lowest BCUT2D eigenvalue weighted by Gasteiger charge is -2.03. The van der Waals surface area contributed by atoms with Gasteiger partial charge in [0, 0.05) is 29.4 Å². The highest BCUT2D eigenvalue weighted by molar-refractivity contribution is 7.99. The zero-order valence-electron chi connectivity index (χ0n) is 13.2. The summed E-state index contributed by atoms with van der Waals surface area (Å²) in [6.07, 6.45) is 0. The molecule has 0 aliphatic rings. The van der Waals surface area contributed by atoms with Gasteiger partial charge in [-0.1, -0.05) is 17.8 Å². The van der Waals surface area contributed by atoms with Crippen molar-refractivity contribution in [1.82, 2.24) is 10.2 Å². The van der Waals surface area contributed by atoms with Crippen LogP contribution in [-0.2, 0) is 4.79 Å². The molecule has 2 aromatic carbocycles. The number of amides is 1. The Bertz CT molecular complexity index is 942. The van der Waals surface area contributed by atoms with Crippen LogP contribution in [0.2, 0.25) is 0 Å². The molecular formula is C16H12N4O5S. The Kier molecular flexibility index (Phi) is 5.13. The summed E-state index contributed by atoms with van der Waals surface area (Å²) < 4.78 is 5.44. The number of thioether (sulfide) groups is 1. The Balaban J connectivity index is 1.58. The molecule has 0 spiro atoms. The van der Waals surface area contributed by atoms with Gasteiger partial charge >= 0.3 is 0 Å². The molecule has 0 unspecified atom stereocenters. The van der Waals surface area contributed by atoms with Crippen LogP contribution in [0.4, 0.5) is 11.4 Å². The van der Waals surface area contributed by atoms with Crippen LogP contribution in [0.15, 0.2) is 58.2 Å². The molecule has 0 atom stereocenters. The molecule has 0 radical (unpaired) electrons. The van der Waals surface area contributed by atoms with Crippen LogP contribution in [0, 0.1) is 10.1 Å². The van der Waals surface area contributed by atoms with Crippen molar-refractivity contribution in [2.75, 3.05) is 11.1 Å². The molecule has 0 bridgehead atoms. The first-order valence-corrected chi connectivity index (χ1v) is 8.30. The van der Waals surface area contributed by atoms with Crippen LogP contribution < -0.4 is 5.32 Å². The number of aromatic hydroxyl groups is 1. The summed E-state index contributed by atoms with van der Waals surface area (Å²) in [5.74, 6) is 0.00365. The number of nitro benzene ring substituents is 1. The smallest absolute Gasteiger partial charge is 0.277 e. The minimum atomic E-state index is -0.496. The van der Waals surface area contributed by atoms with E-state index in [9.17, 15) is 20.0 Å². The number of nitrogens with zero attached hydrogens (tertiary/aromatic N) is 3. The quantitative estimate of drug-likeness (QED) is 0.383. The second-order valence-corrected chi connectivity index (χ2v) is 5.99. The number of phenols is 1. The summed E-state index contributed by atoms with van der Waals surface area (Å²) in [5, 5.41) is 30.5. The lowest BCUT2D eigenvalue weighted by atomic mass is 10.2. The molecule has 0 fully saturated rings. The van der Waals surface area contributed by atoms with Gasteiger partial charge in [0.2, 0.25) is 11.8 Å². The van der Waals surface area contributed by atoms with E-state index in [1.165, 1.54) is 36.4 Å². The Morgan fingerprint density at radius 3 is 2.69 bits per heavy atom. The number of phenolic OH excluding ortho intramolecular Hbond substituents is 1. The SMILES string of the molecule is O=C(CSc1nnc(-c2ccc([N+](=O)[O-])cc2)o1)Nc1cccc(O)c1. The minimum Gasteiger partial charge on any atom is -0.508 e. The standard InChI is InChI=1S/C16H12N4O5S/c21-13-3-1-2-11(8-13)17-14(22)9-26-16-19-18-15(25-16)10-4-6-12(7-5-10)20(23)24/h1-8,21H,9H2,(H,17,22). The van der Waals surface area contributed by atoms with Crippen molar-refractivity contribution in [2.45, 2.75) is 5.22 Å². The second-order valence-electron chi connectivity index (χ2n) is 5.06. The van der Waals surface area contributed by atoms with Crippen LogP contribution in [0.5, 0.6) is 5.75 Å². The van der Waals surface area contributed by atoms with Crippen molar-refractivity contribution in [3.05, 3.63) is 58.6 Å². The lowest BCUT2D eigenvalue weighted by Crippen LogP contribution is -2.13. The molecule has 0 saturated heterocycles. The molecule has 1 heterocycles. The molecule has 3 rings (SSSR count). The van der Waals surface area contributed by atoms with Crippen LogP contribution >= 0.6 is 11.8 Å². The monoisotopic (exact) mass is 372 g/mol. The number of hydrogen-bond acceptors (Lipinski definition) is 8. The second kappa shape index (κ2) is 7.66. The number of hydrogen-bond donors (Lipinski definition) is 2. The fourth-order valence-corrected chi connectivity index (χ4v) is 2.58. The zero-order chi connectivity index (χ0) is 18.5. The Morgan fingerprint density at radius 2 is 2.00 bits per heavy atom.